The van der Waals surface area contributed by atoms with Gasteiger partial charge in [-0.2, -0.15) is 5.10 Å². The standard InChI is InChI=1S/C29H33N7O/c1-29(2)18-36(22-10-13-35(3)14-11-22)26-16-21(8-9-24(26)29)33-28(37)23-5-4-12-30-27(23)32-20-7-6-19-17-31-34-25(19)15-20/h4-9,12,15-17,22H,10-11,13-14,18H2,1-3H3,(H,30,32)(H,31,34)(H,33,37). The number of nitrogens with one attached hydrogen (secondary N) is 3. The van der Waals surface area contributed by atoms with Crippen molar-refractivity contribution in [1.82, 2.24) is 20.1 Å². The van der Waals surface area contributed by atoms with Crippen molar-refractivity contribution >= 4 is 39.7 Å². The van der Waals surface area contributed by atoms with E-state index in [9.17, 15) is 4.79 Å². The third-order valence-electron chi connectivity index (χ3n) is 7.75. The third kappa shape index (κ3) is 4.53. The maximum Gasteiger partial charge on any atom is 0.259 e. The SMILES string of the molecule is CN1CCC(N2CC(C)(C)c3ccc(NC(=O)c4cccnc4Nc4ccc5cn[nH]c5c4)cc32)CC1. The second kappa shape index (κ2) is 9.19. The molecule has 1 fully saturated rings. The van der Waals surface area contributed by atoms with E-state index in [1.54, 1.807) is 24.5 Å². The van der Waals surface area contributed by atoms with Gasteiger partial charge in [-0.3, -0.25) is 9.89 Å². The first-order chi connectivity index (χ1) is 17.9. The number of aromatic amines is 1. The number of carbonyl (C=O) groups excluding carboxylic acids is 1. The Balaban J connectivity index is 1.24. The molecule has 1 saturated heterocycles. The fraction of sp³-hybridized carbons (Fsp3) is 0.345. The zero-order chi connectivity index (χ0) is 25.6. The number of anilines is 4. The van der Waals surface area contributed by atoms with Gasteiger partial charge in [-0.05, 0) is 81.0 Å². The summed E-state index contributed by atoms with van der Waals surface area (Å²) < 4.78 is 0. The first-order valence-electron chi connectivity index (χ1n) is 12.9. The van der Waals surface area contributed by atoms with Crippen molar-refractivity contribution in [3.63, 3.8) is 0 Å². The van der Waals surface area contributed by atoms with Crippen LogP contribution in [0, 0.1) is 0 Å². The normalized spacial score (nSPS) is 17.6. The molecule has 0 saturated carbocycles. The van der Waals surface area contributed by atoms with E-state index >= 15 is 0 Å². The van der Waals surface area contributed by atoms with E-state index in [-0.39, 0.29) is 11.3 Å². The number of piperidine rings is 1. The predicted octanol–water partition coefficient (Wildman–Crippen LogP) is 5.15. The number of pyridine rings is 1. The van der Waals surface area contributed by atoms with Crippen LogP contribution in [0.15, 0.2) is 60.9 Å². The molecule has 4 heterocycles. The van der Waals surface area contributed by atoms with Crippen LogP contribution < -0.4 is 15.5 Å². The molecule has 0 spiro atoms. The minimum atomic E-state index is -0.193. The highest BCUT2D eigenvalue weighted by molar-refractivity contribution is 6.08. The summed E-state index contributed by atoms with van der Waals surface area (Å²) in [4.78, 5) is 22.8. The molecule has 4 aromatic rings. The van der Waals surface area contributed by atoms with E-state index in [4.69, 9.17) is 0 Å². The van der Waals surface area contributed by atoms with Crippen LogP contribution in [-0.2, 0) is 5.41 Å². The molecule has 2 aromatic heterocycles. The number of carbonyl (C=O) groups is 1. The summed E-state index contributed by atoms with van der Waals surface area (Å²) >= 11 is 0. The van der Waals surface area contributed by atoms with E-state index in [2.05, 4.69) is 68.6 Å². The van der Waals surface area contributed by atoms with E-state index in [1.165, 1.54) is 11.3 Å². The van der Waals surface area contributed by atoms with Crippen molar-refractivity contribution in [3.8, 4) is 0 Å². The average Bonchev–Trinajstić information content (AvgIpc) is 3.46. The molecule has 0 aliphatic carbocycles. The van der Waals surface area contributed by atoms with Gasteiger partial charge < -0.3 is 20.4 Å². The number of hydrogen-bond donors (Lipinski definition) is 3. The molecule has 8 heteroatoms. The van der Waals surface area contributed by atoms with Crippen LogP contribution >= 0.6 is 0 Å². The number of aromatic nitrogens is 3. The van der Waals surface area contributed by atoms with Crippen LogP contribution in [0.2, 0.25) is 0 Å². The van der Waals surface area contributed by atoms with Gasteiger partial charge in [-0.15, -0.1) is 0 Å². The molecular formula is C29H33N7O. The average molecular weight is 496 g/mol. The Bertz CT molecular complexity index is 1450. The second-order valence-corrected chi connectivity index (χ2v) is 10.9. The minimum Gasteiger partial charge on any atom is -0.367 e. The van der Waals surface area contributed by atoms with Crippen LogP contribution in [0.25, 0.3) is 10.9 Å². The highest BCUT2D eigenvalue weighted by Gasteiger charge is 2.39. The van der Waals surface area contributed by atoms with Gasteiger partial charge in [0, 0.05) is 46.6 Å². The first-order valence-corrected chi connectivity index (χ1v) is 12.9. The van der Waals surface area contributed by atoms with E-state index in [1.807, 2.05) is 24.3 Å². The van der Waals surface area contributed by atoms with Gasteiger partial charge in [0.15, 0.2) is 0 Å². The molecule has 8 nitrogen and oxygen atoms in total. The molecule has 1 amide bonds. The van der Waals surface area contributed by atoms with Crippen LogP contribution in [0.3, 0.4) is 0 Å². The van der Waals surface area contributed by atoms with Gasteiger partial charge in [0.25, 0.3) is 5.91 Å². The van der Waals surface area contributed by atoms with Gasteiger partial charge in [-0.1, -0.05) is 19.9 Å². The van der Waals surface area contributed by atoms with E-state index < -0.39 is 0 Å². The summed E-state index contributed by atoms with van der Waals surface area (Å²) in [5.41, 5.74) is 5.71. The molecule has 190 valence electrons. The van der Waals surface area contributed by atoms with Gasteiger partial charge in [0.2, 0.25) is 0 Å². The third-order valence-corrected chi connectivity index (χ3v) is 7.75. The number of amides is 1. The number of fused-ring (bicyclic) bond motifs is 2. The van der Waals surface area contributed by atoms with Gasteiger partial charge in [0.05, 0.1) is 17.3 Å². The monoisotopic (exact) mass is 495 g/mol. The molecule has 37 heavy (non-hydrogen) atoms. The highest BCUT2D eigenvalue weighted by atomic mass is 16.1. The highest BCUT2D eigenvalue weighted by Crippen LogP contribution is 2.44. The van der Waals surface area contributed by atoms with Gasteiger partial charge >= 0.3 is 0 Å². The first kappa shape index (κ1) is 23.5. The molecule has 0 unspecified atom stereocenters. The number of hydrogen-bond acceptors (Lipinski definition) is 6. The van der Waals surface area contributed by atoms with Crippen molar-refractivity contribution in [2.45, 2.75) is 38.1 Å². The summed E-state index contributed by atoms with van der Waals surface area (Å²) in [5, 5.41) is 14.5. The lowest BCUT2D eigenvalue weighted by molar-refractivity contribution is 0.102. The summed E-state index contributed by atoms with van der Waals surface area (Å²) in [6.07, 6.45) is 5.80. The maximum atomic E-state index is 13.4. The summed E-state index contributed by atoms with van der Waals surface area (Å²) in [5.74, 6) is 0.315. The number of nitrogens with zero attached hydrogens (tertiary/aromatic N) is 4. The van der Waals surface area contributed by atoms with E-state index in [0.717, 1.165) is 54.8 Å². The molecule has 0 radical (unpaired) electrons. The Morgan fingerprint density at radius 1 is 1.08 bits per heavy atom. The lowest BCUT2D eigenvalue weighted by Gasteiger charge is -2.37. The minimum absolute atomic E-state index is 0.0808. The zero-order valence-electron chi connectivity index (χ0n) is 21.6. The molecule has 3 N–H and O–H groups in total. The number of rotatable bonds is 5. The number of H-pyrrole nitrogens is 1. The number of likely N-dealkylation sites (tertiary alicyclic amines) is 1. The van der Waals surface area contributed by atoms with Crippen molar-refractivity contribution in [2.75, 3.05) is 42.2 Å². The molecule has 0 atom stereocenters. The Morgan fingerprint density at radius 2 is 1.89 bits per heavy atom. The largest absolute Gasteiger partial charge is 0.367 e. The topological polar surface area (TPSA) is 89.2 Å². The summed E-state index contributed by atoms with van der Waals surface area (Å²) in [7, 11) is 2.20. The quantitative estimate of drug-likeness (QED) is 0.355. The van der Waals surface area contributed by atoms with Crippen LogP contribution in [0.1, 0.15) is 42.6 Å². The van der Waals surface area contributed by atoms with E-state index in [0.29, 0.717) is 17.4 Å². The number of benzene rings is 2. The molecule has 6 rings (SSSR count). The van der Waals surface area contributed by atoms with Crippen molar-refractivity contribution in [3.05, 3.63) is 72.1 Å². The van der Waals surface area contributed by atoms with Crippen LogP contribution in [0.5, 0.6) is 0 Å². The lowest BCUT2D eigenvalue weighted by atomic mass is 9.87. The fourth-order valence-corrected chi connectivity index (χ4v) is 5.69. The molecule has 0 bridgehead atoms. The summed E-state index contributed by atoms with van der Waals surface area (Å²) in [6.45, 7) is 7.88. The second-order valence-electron chi connectivity index (χ2n) is 10.9. The smallest absolute Gasteiger partial charge is 0.259 e. The fourth-order valence-electron chi connectivity index (χ4n) is 5.69. The van der Waals surface area contributed by atoms with Gasteiger partial charge in [0.1, 0.15) is 5.82 Å². The molecule has 2 aliphatic heterocycles. The lowest BCUT2D eigenvalue weighted by Crippen LogP contribution is -2.44. The van der Waals surface area contributed by atoms with Gasteiger partial charge in [-0.25, -0.2) is 4.98 Å². The Kier molecular flexibility index (Phi) is 5.83. The van der Waals surface area contributed by atoms with Crippen molar-refractivity contribution in [1.29, 1.82) is 0 Å². The van der Waals surface area contributed by atoms with Crippen LogP contribution in [0.4, 0.5) is 22.9 Å². The molecule has 2 aromatic carbocycles. The Labute approximate surface area is 217 Å². The maximum absolute atomic E-state index is 13.4. The summed E-state index contributed by atoms with van der Waals surface area (Å²) in [6, 6.07) is 16.3. The zero-order valence-corrected chi connectivity index (χ0v) is 21.6. The van der Waals surface area contributed by atoms with Crippen LogP contribution in [-0.4, -0.2) is 58.7 Å². The van der Waals surface area contributed by atoms with Crippen molar-refractivity contribution < 1.29 is 4.79 Å². The van der Waals surface area contributed by atoms with Crippen molar-refractivity contribution in [2.24, 2.45) is 0 Å². The molecule has 2 aliphatic rings. The Hall–Kier alpha value is -3.91. The molecular weight excluding hydrogens is 462 g/mol. The Morgan fingerprint density at radius 3 is 2.73 bits per heavy atom. The predicted molar refractivity (Wildman–Crippen MR) is 149 cm³/mol.